The summed E-state index contributed by atoms with van der Waals surface area (Å²) in [6, 6.07) is 0. The van der Waals surface area contributed by atoms with Crippen LogP contribution in [0.5, 0.6) is 0 Å². The molecule has 0 aromatic rings. The molecule has 0 aromatic carbocycles. The third-order valence-corrected chi connectivity index (χ3v) is 4.55. The first-order chi connectivity index (χ1) is 8.81. The molecule has 121 valence electrons. The number of hydrogen-bond donors (Lipinski definition) is 0. The normalized spacial score (nSPS) is 23.4. The van der Waals surface area contributed by atoms with E-state index in [0.29, 0.717) is 0 Å². The fourth-order valence-corrected chi connectivity index (χ4v) is 3.71. The van der Waals surface area contributed by atoms with Crippen LogP contribution in [0.3, 0.4) is 0 Å². The summed E-state index contributed by atoms with van der Waals surface area (Å²) in [6.45, 7) is 10.7. The fraction of sp³-hybridized carbons (Fsp3) is 0.529. The number of thioether (sulfide) groups is 1. The van der Waals surface area contributed by atoms with Crippen LogP contribution < -0.4 is 24.8 Å². The molecule has 1 atom stereocenters. The van der Waals surface area contributed by atoms with Crippen LogP contribution in [0.2, 0.25) is 0 Å². The average molecular weight is 394 g/mol. The van der Waals surface area contributed by atoms with E-state index in [1.54, 1.807) is 11.8 Å². The zero-order chi connectivity index (χ0) is 14.1. The Morgan fingerprint density at radius 3 is 2.32 bits per heavy atom. The molecule has 22 heavy (non-hydrogen) atoms. The molecule has 0 bridgehead atoms. The van der Waals surface area contributed by atoms with Crippen LogP contribution in [-0.4, -0.2) is 10.5 Å². The number of allylic oxidation sites excluding steroid dienone is 5. The van der Waals surface area contributed by atoms with E-state index in [0.717, 1.165) is 12.8 Å². The van der Waals surface area contributed by atoms with Gasteiger partial charge in [0.25, 0.3) is 0 Å². The molecule has 0 aliphatic heterocycles. The first-order valence-electron chi connectivity index (χ1n) is 6.83. The van der Waals surface area contributed by atoms with E-state index >= 15 is 0 Å². The number of halogens is 2. The van der Waals surface area contributed by atoms with Gasteiger partial charge in [-0.3, -0.25) is 6.08 Å². The van der Waals surface area contributed by atoms with Gasteiger partial charge in [0.1, 0.15) is 4.93 Å². The van der Waals surface area contributed by atoms with Crippen molar-refractivity contribution in [1.82, 2.24) is 0 Å². The zero-order valence-corrected chi connectivity index (χ0v) is 17.7. The van der Waals surface area contributed by atoms with E-state index < -0.39 is 0 Å². The van der Waals surface area contributed by atoms with Crippen molar-refractivity contribution >= 4 is 11.8 Å². The Morgan fingerprint density at radius 1 is 1.23 bits per heavy atom. The molecule has 1 radical (unpaired) electrons. The number of rotatable bonds is 3. The van der Waals surface area contributed by atoms with Crippen LogP contribution in [0.4, 0.5) is 0 Å². The fourth-order valence-electron chi connectivity index (χ4n) is 2.36. The molecule has 2 aliphatic rings. The molecule has 0 saturated carbocycles. The van der Waals surface area contributed by atoms with E-state index in [2.05, 4.69) is 65.0 Å². The van der Waals surface area contributed by atoms with E-state index in [4.69, 9.17) is 4.74 Å². The van der Waals surface area contributed by atoms with Crippen LogP contribution in [-0.2, 0) is 26.5 Å². The van der Waals surface area contributed by atoms with Gasteiger partial charge in [0.05, 0.1) is 5.60 Å². The predicted octanol–water partition coefficient (Wildman–Crippen LogP) is -0.820. The van der Waals surface area contributed by atoms with Gasteiger partial charge in [0.2, 0.25) is 0 Å². The monoisotopic (exact) mass is 393 g/mol. The Balaban J connectivity index is 0. The van der Waals surface area contributed by atoms with Crippen LogP contribution in [0.25, 0.3) is 0 Å². The van der Waals surface area contributed by atoms with Crippen molar-refractivity contribution in [2.75, 3.05) is 0 Å². The topological polar surface area (TPSA) is 9.23 Å². The third-order valence-electron chi connectivity index (χ3n) is 3.15. The van der Waals surface area contributed by atoms with Gasteiger partial charge in [-0.05, 0) is 40.2 Å². The van der Waals surface area contributed by atoms with Crippen molar-refractivity contribution in [1.29, 1.82) is 0 Å². The minimum Gasteiger partial charge on any atom is -1.00 e. The Kier molecular flexibility index (Phi) is 11.0. The molecule has 2 rings (SSSR count). The van der Waals surface area contributed by atoms with Gasteiger partial charge >= 0.3 is 21.7 Å². The second-order valence-electron chi connectivity index (χ2n) is 6.20. The van der Waals surface area contributed by atoms with Crippen molar-refractivity contribution < 1.29 is 51.3 Å². The SMILES string of the molecule is CC1=CCC(OC(C)(C)C)(SC2=[C-]CC=C2)C(C)=C1.[Cl-].[Cl-].[Ti+3]. The average Bonchev–Trinajstić information content (AvgIpc) is 2.74. The largest absolute Gasteiger partial charge is 3.00 e. The molecule has 0 amide bonds. The molecule has 0 saturated heterocycles. The summed E-state index contributed by atoms with van der Waals surface area (Å²) in [5.41, 5.74) is 2.46. The minimum absolute atomic E-state index is 0. The molecule has 0 N–H and O–H groups in total. The molecule has 0 heterocycles. The molecule has 2 aliphatic carbocycles. The summed E-state index contributed by atoms with van der Waals surface area (Å²) in [4.78, 5) is 0.916. The third kappa shape index (κ3) is 6.59. The van der Waals surface area contributed by atoms with Gasteiger partial charge in [-0.15, -0.1) is 18.2 Å². The smallest absolute Gasteiger partial charge is 1.00 e. The first kappa shape index (κ1) is 24.8. The van der Waals surface area contributed by atoms with Gasteiger partial charge in [0, 0.05) is 6.42 Å². The second kappa shape index (κ2) is 9.76. The van der Waals surface area contributed by atoms with Crippen molar-refractivity contribution in [2.24, 2.45) is 0 Å². The van der Waals surface area contributed by atoms with Gasteiger partial charge < -0.3 is 29.6 Å². The Labute approximate surface area is 166 Å². The van der Waals surface area contributed by atoms with E-state index in [-0.39, 0.29) is 57.1 Å². The summed E-state index contributed by atoms with van der Waals surface area (Å²) in [5.74, 6) is 0. The molecule has 1 nitrogen and oxygen atoms in total. The molecular weight excluding hydrogens is 371 g/mol. The number of ether oxygens (including phenoxy) is 1. The summed E-state index contributed by atoms with van der Waals surface area (Å²) < 4.78 is 6.44. The maximum Gasteiger partial charge on any atom is 3.00 e. The summed E-state index contributed by atoms with van der Waals surface area (Å²) in [7, 11) is 0. The van der Waals surface area contributed by atoms with Gasteiger partial charge in [0.15, 0.2) is 0 Å². The molecule has 5 heteroatoms. The zero-order valence-electron chi connectivity index (χ0n) is 13.8. The second-order valence-corrected chi connectivity index (χ2v) is 7.50. The quantitative estimate of drug-likeness (QED) is 0.352. The summed E-state index contributed by atoms with van der Waals surface area (Å²) in [5, 5.41) is 0. The van der Waals surface area contributed by atoms with Crippen LogP contribution >= 0.6 is 11.8 Å². The number of hydrogen-bond acceptors (Lipinski definition) is 2. The van der Waals surface area contributed by atoms with Gasteiger partial charge in [-0.1, -0.05) is 17.7 Å². The van der Waals surface area contributed by atoms with Crippen LogP contribution in [0, 0.1) is 6.08 Å². The minimum atomic E-state index is -0.283. The summed E-state index contributed by atoms with van der Waals surface area (Å²) in [6.07, 6.45) is 14.0. The van der Waals surface area contributed by atoms with Crippen molar-refractivity contribution in [3.05, 3.63) is 46.4 Å². The van der Waals surface area contributed by atoms with E-state index in [1.165, 1.54) is 16.1 Å². The molecule has 0 spiro atoms. The van der Waals surface area contributed by atoms with Crippen molar-refractivity contribution in [3.8, 4) is 0 Å². The molecule has 0 aromatic heterocycles. The van der Waals surface area contributed by atoms with Crippen molar-refractivity contribution in [3.63, 3.8) is 0 Å². The van der Waals surface area contributed by atoms with Crippen molar-refractivity contribution in [2.45, 2.75) is 58.0 Å². The van der Waals surface area contributed by atoms with Crippen LogP contribution in [0.15, 0.2) is 40.4 Å². The Bertz CT molecular complexity index is 489. The van der Waals surface area contributed by atoms with Gasteiger partial charge in [-0.25, -0.2) is 6.08 Å². The maximum absolute atomic E-state index is 6.44. The summed E-state index contributed by atoms with van der Waals surface area (Å²) >= 11 is 1.80. The molecule has 1 unspecified atom stereocenters. The Morgan fingerprint density at radius 2 is 1.86 bits per heavy atom. The van der Waals surface area contributed by atoms with Gasteiger partial charge in [-0.2, -0.15) is 11.0 Å². The van der Waals surface area contributed by atoms with E-state index in [9.17, 15) is 0 Å². The predicted molar refractivity (Wildman–Crippen MR) is 83.8 cm³/mol. The molecular formula is C17H23Cl2OSTi. The molecule has 0 fully saturated rings. The standard InChI is InChI=1S/C17H23OS.2ClH.Ti/c1-13-10-11-17(14(2)12-13,18-16(3,4)5)19-15-8-6-7-9-15;;;/h6,8,10,12H,7,11H2,1-5H3;2*1H;/q-1;;;+3/p-2. The maximum atomic E-state index is 6.44. The van der Waals surface area contributed by atoms with Crippen LogP contribution in [0.1, 0.15) is 47.5 Å². The van der Waals surface area contributed by atoms with E-state index in [1.807, 2.05) is 0 Å². The Hall–Kier alpha value is 0.564. The first-order valence-corrected chi connectivity index (χ1v) is 7.64.